The standard InChI is InChI=1S/C27H28N2O3S/c1-20-9-3-7-13-24(20)32-18-17-28(2)27(31)22-11-5-8-14-25(22)33-19-26(30)29-16-15-21-10-4-6-12-23(21)29/h3-14H,15-19H2,1-2H3. The first-order chi connectivity index (χ1) is 16.0. The monoisotopic (exact) mass is 460 g/mol. The van der Waals surface area contributed by atoms with E-state index in [1.807, 2.05) is 78.6 Å². The van der Waals surface area contributed by atoms with Crippen molar-refractivity contribution in [2.24, 2.45) is 0 Å². The minimum Gasteiger partial charge on any atom is -0.491 e. The van der Waals surface area contributed by atoms with Gasteiger partial charge in [0.15, 0.2) is 0 Å². The molecule has 1 aliphatic rings. The Bertz CT molecular complexity index is 1150. The summed E-state index contributed by atoms with van der Waals surface area (Å²) in [6, 6.07) is 23.4. The molecule has 4 rings (SSSR count). The number of aryl methyl sites for hydroxylation is 1. The van der Waals surface area contributed by atoms with Crippen molar-refractivity contribution in [3.8, 4) is 5.75 Å². The van der Waals surface area contributed by atoms with Gasteiger partial charge < -0.3 is 14.5 Å². The van der Waals surface area contributed by atoms with E-state index in [4.69, 9.17) is 4.74 Å². The van der Waals surface area contributed by atoms with Gasteiger partial charge in [-0.05, 0) is 48.7 Å². The number of hydrogen-bond donors (Lipinski definition) is 0. The maximum absolute atomic E-state index is 13.1. The fourth-order valence-corrected chi connectivity index (χ4v) is 4.82. The van der Waals surface area contributed by atoms with Crippen LogP contribution >= 0.6 is 11.8 Å². The molecular formula is C27H28N2O3S. The summed E-state index contributed by atoms with van der Waals surface area (Å²) in [5, 5.41) is 0. The Labute approximate surface area is 199 Å². The number of carbonyl (C=O) groups excluding carboxylic acids is 2. The highest BCUT2D eigenvalue weighted by molar-refractivity contribution is 8.00. The van der Waals surface area contributed by atoms with Gasteiger partial charge in [-0.1, -0.05) is 48.5 Å². The average Bonchev–Trinajstić information content (AvgIpc) is 3.28. The van der Waals surface area contributed by atoms with Crippen LogP contribution in [0, 0.1) is 6.92 Å². The molecule has 0 bridgehead atoms. The lowest BCUT2D eigenvalue weighted by atomic mass is 10.2. The molecule has 0 saturated carbocycles. The number of carbonyl (C=O) groups is 2. The van der Waals surface area contributed by atoms with Crippen molar-refractivity contribution in [3.05, 3.63) is 89.5 Å². The quantitative estimate of drug-likeness (QED) is 0.452. The number of nitrogens with zero attached hydrogens (tertiary/aromatic N) is 2. The van der Waals surface area contributed by atoms with Crippen molar-refractivity contribution in [2.45, 2.75) is 18.2 Å². The Morgan fingerprint density at radius 1 is 1.00 bits per heavy atom. The summed E-state index contributed by atoms with van der Waals surface area (Å²) in [6.07, 6.45) is 0.886. The number of para-hydroxylation sites is 2. The van der Waals surface area contributed by atoms with Gasteiger partial charge in [0, 0.05) is 24.2 Å². The molecule has 3 aromatic rings. The number of benzene rings is 3. The van der Waals surface area contributed by atoms with Crippen LogP contribution in [0.4, 0.5) is 5.69 Å². The summed E-state index contributed by atoms with van der Waals surface area (Å²) < 4.78 is 5.84. The molecule has 0 N–H and O–H groups in total. The zero-order valence-electron chi connectivity index (χ0n) is 19.0. The van der Waals surface area contributed by atoms with Crippen LogP contribution in [0.1, 0.15) is 21.5 Å². The van der Waals surface area contributed by atoms with Gasteiger partial charge in [0.25, 0.3) is 5.91 Å². The third-order valence-electron chi connectivity index (χ3n) is 5.78. The Kier molecular flexibility index (Phi) is 7.35. The molecule has 0 unspecified atom stereocenters. The van der Waals surface area contributed by atoms with Gasteiger partial charge in [-0.2, -0.15) is 0 Å². The molecular weight excluding hydrogens is 432 g/mol. The van der Waals surface area contributed by atoms with Crippen molar-refractivity contribution in [1.29, 1.82) is 0 Å². The van der Waals surface area contributed by atoms with E-state index in [1.165, 1.54) is 17.3 Å². The van der Waals surface area contributed by atoms with E-state index in [1.54, 1.807) is 11.9 Å². The highest BCUT2D eigenvalue weighted by Crippen LogP contribution is 2.30. The number of likely N-dealkylation sites (N-methyl/N-ethyl adjacent to an activating group) is 1. The summed E-state index contributed by atoms with van der Waals surface area (Å²) in [5.41, 5.74) is 3.89. The van der Waals surface area contributed by atoms with Crippen molar-refractivity contribution < 1.29 is 14.3 Å². The molecule has 0 atom stereocenters. The van der Waals surface area contributed by atoms with Gasteiger partial charge in [-0.15, -0.1) is 11.8 Å². The number of hydrogen-bond acceptors (Lipinski definition) is 4. The fourth-order valence-electron chi connectivity index (χ4n) is 3.90. The summed E-state index contributed by atoms with van der Waals surface area (Å²) in [7, 11) is 1.78. The minimum absolute atomic E-state index is 0.0622. The molecule has 1 aliphatic heterocycles. The SMILES string of the molecule is Cc1ccccc1OCCN(C)C(=O)c1ccccc1SCC(=O)N1CCc2ccccc21. The second-order valence-corrected chi connectivity index (χ2v) is 9.07. The van der Waals surface area contributed by atoms with E-state index >= 15 is 0 Å². The minimum atomic E-state index is -0.0783. The smallest absolute Gasteiger partial charge is 0.254 e. The maximum atomic E-state index is 13.1. The Hall–Kier alpha value is -3.25. The van der Waals surface area contributed by atoms with Crippen LogP contribution in [-0.2, 0) is 11.2 Å². The molecule has 6 heteroatoms. The van der Waals surface area contributed by atoms with Crippen LogP contribution in [0.5, 0.6) is 5.75 Å². The van der Waals surface area contributed by atoms with Gasteiger partial charge in [-0.25, -0.2) is 0 Å². The number of ether oxygens (including phenoxy) is 1. The molecule has 3 aromatic carbocycles. The molecule has 33 heavy (non-hydrogen) atoms. The van der Waals surface area contributed by atoms with Gasteiger partial charge in [-0.3, -0.25) is 9.59 Å². The lowest BCUT2D eigenvalue weighted by molar-refractivity contribution is -0.116. The van der Waals surface area contributed by atoms with Crippen LogP contribution in [0.15, 0.2) is 77.7 Å². The first-order valence-electron chi connectivity index (χ1n) is 11.1. The highest BCUT2D eigenvalue weighted by Gasteiger charge is 2.24. The number of anilines is 1. The van der Waals surface area contributed by atoms with E-state index in [2.05, 4.69) is 6.07 Å². The van der Waals surface area contributed by atoms with Crippen LogP contribution in [0.2, 0.25) is 0 Å². The maximum Gasteiger partial charge on any atom is 0.254 e. The highest BCUT2D eigenvalue weighted by atomic mass is 32.2. The number of fused-ring (bicyclic) bond motifs is 1. The van der Waals surface area contributed by atoms with Crippen LogP contribution < -0.4 is 9.64 Å². The first kappa shape index (κ1) is 22.9. The van der Waals surface area contributed by atoms with Crippen molar-refractivity contribution in [2.75, 3.05) is 37.4 Å². The fraction of sp³-hybridized carbons (Fsp3) is 0.259. The van der Waals surface area contributed by atoms with Gasteiger partial charge in [0.2, 0.25) is 5.91 Å². The van der Waals surface area contributed by atoms with Crippen molar-refractivity contribution >= 4 is 29.3 Å². The largest absolute Gasteiger partial charge is 0.491 e. The molecule has 0 aromatic heterocycles. The van der Waals surface area contributed by atoms with E-state index in [0.29, 0.717) is 31.0 Å². The van der Waals surface area contributed by atoms with Gasteiger partial charge in [0.1, 0.15) is 12.4 Å². The molecule has 2 amide bonds. The first-order valence-corrected chi connectivity index (χ1v) is 12.1. The normalized spacial score (nSPS) is 12.4. The third kappa shape index (κ3) is 5.40. The molecule has 0 radical (unpaired) electrons. The Morgan fingerprint density at radius 3 is 2.58 bits per heavy atom. The number of thioether (sulfide) groups is 1. The molecule has 5 nitrogen and oxygen atoms in total. The molecule has 1 heterocycles. The summed E-state index contributed by atoms with van der Waals surface area (Å²) in [5.74, 6) is 1.10. The second-order valence-electron chi connectivity index (χ2n) is 8.05. The summed E-state index contributed by atoms with van der Waals surface area (Å²) in [6.45, 7) is 3.59. The van der Waals surface area contributed by atoms with Crippen LogP contribution in [-0.4, -0.2) is 49.2 Å². The van der Waals surface area contributed by atoms with Crippen LogP contribution in [0.3, 0.4) is 0 Å². The van der Waals surface area contributed by atoms with Crippen LogP contribution in [0.25, 0.3) is 0 Å². The number of amides is 2. The topological polar surface area (TPSA) is 49.9 Å². The van der Waals surface area contributed by atoms with E-state index in [9.17, 15) is 9.59 Å². The zero-order valence-corrected chi connectivity index (χ0v) is 19.8. The second kappa shape index (κ2) is 10.6. The molecule has 0 saturated heterocycles. The van der Waals surface area contributed by atoms with Crippen molar-refractivity contribution in [1.82, 2.24) is 4.90 Å². The van der Waals surface area contributed by atoms with Gasteiger partial charge in [0.05, 0.1) is 17.9 Å². The van der Waals surface area contributed by atoms with Gasteiger partial charge >= 0.3 is 0 Å². The lowest BCUT2D eigenvalue weighted by Crippen LogP contribution is -2.32. The van der Waals surface area contributed by atoms with E-state index < -0.39 is 0 Å². The van der Waals surface area contributed by atoms with E-state index in [0.717, 1.165) is 28.3 Å². The van der Waals surface area contributed by atoms with E-state index in [-0.39, 0.29) is 11.8 Å². The molecule has 0 aliphatic carbocycles. The average molecular weight is 461 g/mol. The predicted molar refractivity (Wildman–Crippen MR) is 133 cm³/mol. The molecule has 0 fully saturated rings. The predicted octanol–water partition coefficient (Wildman–Crippen LogP) is 4.83. The summed E-state index contributed by atoms with van der Waals surface area (Å²) >= 11 is 1.42. The molecule has 170 valence electrons. The zero-order chi connectivity index (χ0) is 23.2. The third-order valence-corrected chi connectivity index (χ3v) is 6.84. The Morgan fingerprint density at radius 2 is 1.73 bits per heavy atom. The Balaban J connectivity index is 1.35. The lowest BCUT2D eigenvalue weighted by Gasteiger charge is -2.20. The summed E-state index contributed by atoms with van der Waals surface area (Å²) in [4.78, 5) is 30.3. The number of rotatable bonds is 8. The van der Waals surface area contributed by atoms with Crippen molar-refractivity contribution in [3.63, 3.8) is 0 Å². The molecule has 0 spiro atoms.